The Kier molecular flexibility index (Phi) is 7.35. The standard InChI is InChI=1S/C27H37N5O5/c1-16(17-8-9-17)31(2)27(34)36-15-22-25(29-30-32(22)3)21-12-13-23(24(28-21)18-10-11-18)37-20-7-5-6-19(14-20)26(33)35-4/h12-13,16-20H,5-11,14-15H2,1-4H3/t16-,19+,20+/m1/s1. The molecule has 2 heterocycles. The van der Waals surface area contributed by atoms with Crippen molar-refractivity contribution in [2.24, 2.45) is 18.9 Å². The molecule has 3 atom stereocenters. The number of methoxy groups -OCH3 is 1. The molecule has 2 aromatic heterocycles. The first-order chi connectivity index (χ1) is 17.9. The number of carbonyl (C=O) groups excluding carboxylic acids is 2. The SMILES string of the molecule is COC(=O)[C@H]1CCC[C@H](Oc2ccc(-c3nnn(C)c3COC(=O)N(C)[C@H](C)C3CC3)nc2C2CC2)C1. The molecule has 10 heteroatoms. The van der Waals surface area contributed by atoms with E-state index < -0.39 is 0 Å². The normalized spacial score (nSPS) is 22.3. The third kappa shape index (κ3) is 5.72. The highest BCUT2D eigenvalue weighted by molar-refractivity contribution is 5.72. The third-order valence-electron chi connectivity index (χ3n) is 8.03. The van der Waals surface area contributed by atoms with Crippen molar-refractivity contribution < 1.29 is 23.8 Å². The maximum Gasteiger partial charge on any atom is 0.410 e. The zero-order valence-electron chi connectivity index (χ0n) is 22.2. The van der Waals surface area contributed by atoms with Gasteiger partial charge < -0.3 is 19.1 Å². The van der Waals surface area contributed by atoms with Gasteiger partial charge in [-0.2, -0.15) is 0 Å². The lowest BCUT2D eigenvalue weighted by Crippen LogP contribution is -2.36. The number of hydrogen-bond donors (Lipinski definition) is 0. The lowest BCUT2D eigenvalue weighted by molar-refractivity contribution is -0.147. The Balaban J connectivity index is 1.30. The summed E-state index contributed by atoms with van der Waals surface area (Å²) >= 11 is 0. The molecule has 3 aliphatic carbocycles. The van der Waals surface area contributed by atoms with Gasteiger partial charge >= 0.3 is 12.1 Å². The van der Waals surface area contributed by atoms with Crippen molar-refractivity contribution in [1.82, 2.24) is 24.9 Å². The second-order valence-corrected chi connectivity index (χ2v) is 10.7. The summed E-state index contributed by atoms with van der Waals surface area (Å²) in [6.45, 7) is 2.13. The maximum absolute atomic E-state index is 12.6. The van der Waals surface area contributed by atoms with E-state index in [0.717, 1.165) is 56.4 Å². The number of ether oxygens (including phenoxy) is 3. The number of aryl methyl sites for hydroxylation is 1. The lowest BCUT2D eigenvalue weighted by atomic mass is 9.87. The highest BCUT2D eigenvalue weighted by Crippen LogP contribution is 2.45. The smallest absolute Gasteiger partial charge is 0.410 e. The van der Waals surface area contributed by atoms with E-state index in [2.05, 4.69) is 17.2 Å². The molecule has 2 aromatic rings. The molecular formula is C27H37N5O5. The fourth-order valence-corrected chi connectivity index (χ4v) is 5.19. The van der Waals surface area contributed by atoms with Gasteiger partial charge in [0.1, 0.15) is 23.7 Å². The molecule has 37 heavy (non-hydrogen) atoms. The Labute approximate surface area is 217 Å². The zero-order valence-corrected chi connectivity index (χ0v) is 22.2. The van der Waals surface area contributed by atoms with E-state index in [4.69, 9.17) is 19.2 Å². The zero-order chi connectivity index (χ0) is 26.1. The maximum atomic E-state index is 12.6. The number of rotatable bonds is 9. The van der Waals surface area contributed by atoms with Gasteiger partial charge in [-0.15, -0.1) is 5.10 Å². The van der Waals surface area contributed by atoms with Gasteiger partial charge in [0.2, 0.25) is 0 Å². The molecule has 200 valence electrons. The Bertz CT molecular complexity index is 1140. The van der Waals surface area contributed by atoms with Crippen molar-refractivity contribution in [3.05, 3.63) is 23.5 Å². The van der Waals surface area contributed by atoms with E-state index in [1.54, 1.807) is 23.7 Å². The fraction of sp³-hybridized carbons (Fsp3) is 0.667. The number of nitrogens with zero attached hydrogens (tertiary/aromatic N) is 5. The monoisotopic (exact) mass is 511 g/mol. The Hall–Kier alpha value is -3.17. The fourth-order valence-electron chi connectivity index (χ4n) is 5.19. The molecule has 1 amide bonds. The van der Waals surface area contributed by atoms with Crippen LogP contribution in [0, 0.1) is 11.8 Å². The quantitative estimate of drug-likeness (QED) is 0.460. The van der Waals surface area contributed by atoms with Crippen LogP contribution in [-0.2, 0) is 27.9 Å². The number of aromatic nitrogens is 4. The second kappa shape index (κ2) is 10.7. The average molecular weight is 512 g/mol. The summed E-state index contributed by atoms with van der Waals surface area (Å²) in [6, 6.07) is 4.00. The minimum Gasteiger partial charge on any atom is -0.488 e. The Morgan fingerprint density at radius 3 is 2.65 bits per heavy atom. The number of carbonyl (C=O) groups is 2. The van der Waals surface area contributed by atoms with E-state index in [-0.39, 0.29) is 36.7 Å². The molecule has 0 bridgehead atoms. The highest BCUT2D eigenvalue weighted by atomic mass is 16.6. The van der Waals surface area contributed by atoms with Crippen molar-refractivity contribution in [2.75, 3.05) is 14.2 Å². The summed E-state index contributed by atoms with van der Waals surface area (Å²) in [5, 5.41) is 8.52. The Morgan fingerprint density at radius 2 is 1.95 bits per heavy atom. The van der Waals surface area contributed by atoms with Gasteiger partial charge in [-0.1, -0.05) is 5.21 Å². The largest absolute Gasteiger partial charge is 0.488 e. The van der Waals surface area contributed by atoms with Crippen LogP contribution in [-0.4, -0.2) is 63.2 Å². The molecule has 5 rings (SSSR count). The van der Waals surface area contributed by atoms with Crippen LogP contribution in [0.25, 0.3) is 11.4 Å². The number of pyridine rings is 1. The average Bonchev–Trinajstić information content (AvgIpc) is 3.84. The van der Waals surface area contributed by atoms with E-state index in [0.29, 0.717) is 35.3 Å². The molecule has 3 fully saturated rings. The molecule has 0 spiro atoms. The van der Waals surface area contributed by atoms with Gasteiger partial charge in [-0.3, -0.25) is 4.79 Å². The predicted octanol–water partition coefficient (Wildman–Crippen LogP) is 4.23. The van der Waals surface area contributed by atoms with Crippen LogP contribution in [0.3, 0.4) is 0 Å². The second-order valence-electron chi connectivity index (χ2n) is 10.7. The first kappa shape index (κ1) is 25.5. The summed E-state index contributed by atoms with van der Waals surface area (Å²) in [7, 11) is 5.02. The van der Waals surface area contributed by atoms with Crippen LogP contribution in [0.15, 0.2) is 12.1 Å². The van der Waals surface area contributed by atoms with Crippen molar-refractivity contribution in [2.45, 2.75) is 83.0 Å². The van der Waals surface area contributed by atoms with Crippen LogP contribution >= 0.6 is 0 Å². The van der Waals surface area contributed by atoms with E-state index in [1.807, 2.05) is 12.1 Å². The van der Waals surface area contributed by atoms with E-state index in [9.17, 15) is 9.59 Å². The molecule has 0 unspecified atom stereocenters. The van der Waals surface area contributed by atoms with Gasteiger partial charge in [-0.25, -0.2) is 14.5 Å². The molecule has 0 N–H and O–H groups in total. The molecule has 0 aliphatic heterocycles. The summed E-state index contributed by atoms with van der Waals surface area (Å²) < 4.78 is 18.6. The molecule has 0 radical (unpaired) electrons. The van der Waals surface area contributed by atoms with Crippen LogP contribution in [0.4, 0.5) is 4.79 Å². The van der Waals surface area contributed by atoms with Crippen LogP contribution in [0.2, 0.25) is 0 Å². The summed E-state index contributed by atoms with van der Waals surface area (Å²) in [6.07, 6.45) is 7.42. The highest BCUT2D eigenvalue weighted by Gasteiger charge is 2.34. The van der Waals surface area contributed by atoms with Gasteiger partial charge in [0.05, 0.1) is 30.5 Å². The van der Waals surface area contributed by atoms with Gasteiger partial charge in [0, 0.05) is 26.1 Å². The molecule has 3 saturated carbocycles. The number of amides is 1. The first-order valence-corrected chi connectivity index (χ1v) is 13.4. The predicted molar refractivity (Wildman–Crippen MR) is 135 cm³/mol. The minimum atomic E-state index is -0.348. The van der Waals surface area contributed by atoms with Crippen LogP contribution in [0.1, 0.15) is 75.6 Å². The van der Waals surface area contributed by atoms with Gasteiger partial charge in [0.25, 0.3) is 0 Å². The summed E-state index contributed by atoms with van der Waals surface area (Å²) in [5.41, 5.74) is 2.90. The van der Waals surface area contributed by atoms with Crippen LogP contribution in [0.5, 0.6) is 5.75 Å². The van der Waals surface area contributed by atoms with Gasteiger partial charge in [-0.05, 0) is 76.3 Å². The lowest BCUT2D eigenvalue weighted by Gasteiger charge is -2.28. The molecule has 3 aliphatic rings. The van der Waals surface area contributed by atoms with Crippen molar-refractivity contribution in [3.63, 3.8) is 0 Å². The Morgan fingerprint density at radius 1 is 1.16 bits per heavy atom. The van der Waals surface area contributed by atoms with E-state index in [1.165, 1.54) is 7.11 Å². The third-order valence-corrected chi connectivity index (χ3v) is 8.03. The first-order valence-electron chi connectivity index (χ1n) is 13.4. The number of hydrogen-bond acceptors (Lipinski definition) is 8. The van der Waals surface area contributed by atoms with Crippen molar-refractivity contribution >= 4 is 12.1 Å². The topological polar surface area (TPSA) is 109 Å². The summed E-state index contributed by atoms with van der Waals surface area (Å²) in [5.74, 6) is 1.42. The summed E-state index contributed by atoms with van der Waals surface area (Å²) in [4.78, 5) is 31.3. The molecular weight excluding hydrogens is 474 g/mol. The van der Waals surface area contributed by atoms with E-state index >= 15 is 0 Å². The van der Waals surface area contributed by atoms with Crippen molar-refractivity contribution in [1.29, 1.82) is 0 Å². The van der Waals surface area contributed by atoms with Gasteiger partial charge in [0.15, 0.2) is 0 Å². The molecule has 0 saturated heterocycles. The van der Waals surface area contributed by atoms with Crippen molar-refractivity contribution in [3.8, 4) is 17.1 Å². The molecule has 10 nitrogen and oxygen atoms in total. The minimum absolute atomic E-state index is 0.0375. The van der Waals surface area contributed by atoms with Crippen LogP contribution < -0.4 is 4.74 Å². The number of esters is 1. The molecule has 0 aromatic carbocycles.